The summed E-state index contributed by atoms with van der Waals surface area (Å²) in [4.78, 5) is 12.6. The molecular weight excluding hydrogens is 334 g/mol. The number of rotatable bonds is 4. The van der Waals surface area contributed by atoms with E-state index in [9.17, 15) is 15.2 Å². The number of nitrogens with one attached hydrogen (secondary N) is 1. The summed E-state index contributed by atoms with van der Waals surface area (Å²) >= 11 is 0. The van der Waals surface area contributed by atoms with E-state index in [0.717, 1.165) is 0 Å². The first-order valence-corrected chi connectivity index (χ1v) is 7.92. The smallest absolute Gasteiger partial charge is 0.296 e. The van der Waals surface area contributed by atoms with Crippen molar-refractivity contribution in [2.45, 2.75) is 12.0 Å². The number of carbonyl (C=O) groups is 1. The molecule has 2 aromatic rings. The van der Waals surface area contributed by atoms with E-state index >= 15 is 0 Å². The number of amides is 1. The molecule has 2 N–H and O–H groups in total. The molecule has 1 aliphatic rings. The van der Waals surface area contributed by atoms with Gasteiger partial charge in [0.05, 0.1) is 20.1 Å². The minimum absolute atomic E-state index is 0.0816. The van der Waals surface area contributed by atoms with E-state index in [1.54, 1.807) is 47.3 Å². The number of hydrogen-bond donors (Lipinski definition) is 2. The van der Waals surface area contributed by atoms with Crippen LogP contribution in [0.15, 0.2) is 60.2 Å². The zero-order valence-electron chi connectivity index (χ0n) is 14.3. The molecule has 132 valence electrons. The third kappa shape index (κ3) is 2.93. The molecule has 0 unspecified atom stereocenters. The molecule has 0 saturated heterocycles. The molecule has 0 spiro atoms. The standard InChI is InChI=1S/C19H17N3O4/c1-25-14-7-6-12(10-15(14)26-2)16-13(11-20)18(23)21-19(24)17(16)22-8-4-3-5-9-22/h3-10,16-17H,1-2H3,(H-,21,23,24)/p+1/t16-,17+/m1/s1. The topological polar surface area (TPSA) is 95.5 Å². The molecule has 1 aromatic carbocycles. The van der Waals surface area contributed by atoms with Crippen LogP contribution in [0.3, 0.4) is 0 Å². The third-order valence-electron chi connectivity index (χ3n) is 4.34. The lowest BCUT2D eigenvalue weighted by Crippen LogP contribution is -2.53. The molecule has 1 aliphatic heterocycles. The molecule has 1 amide bonds. The maximum Gasteiger partial charge on any atom is 0.296 e. The molecule has 3 rings (SSSR count). The van der Waals surface area contributed by atoms with Crippen LogP contribution in [-0.2, 0) is 4.79 Å². The summed E-state index contributed by atoms with van der Waals surface area (Å²) in [6.45, 7) is 0. The van der Waals surface area contributed by atoms with Gasteiger partial charge in [0.2, 0.25) is 11.9 Å². The van der Waals surface area contributed by atoms with Crippen LogP contribution in [0, 0.1) is 11.3 Å². The Hall–Kier alpha value is -3.53. The van der Waals surface area contributed by atoms with Crippen molar-refractivity contribution in [1.29, 1.82) is 5.26 Å². The summed E-state index contributed by atoms with van der Waals surface area (Å²) in [6.07, 6.45) is 3.49. The Bertz CT molecular complexity index is 903. The minimum Gasteiger partial charge on any atom is -0.494 e. The number of pyridine rings is 1. The maximum absolute atomic E-state index is 12.6. The fraction of sp³-hybridized carbons (Fsp3) is 0.211. The van der Waals surface area contributed by atoms with Gasteiger partial charge in [0.1, 0.15) is 11.6 Å². The van der Waals surface area contributed by atoms with E-state index < -0.39 is 23.8 Å². The second-order valence-electron chi connectivity index (χ2n) is 5.72. The number of carbonyl (C=O) groups excluding carboxylic acids is 1. The number of aliphatic hydroxyl groups is 1. The fourth-order valence-corrected chi connectivity index (χ4v) is 3.14. The molecule has 2 atom stereocenters. The first-order valence-electron chi connectivity index (χ1n) is 7.92. The Balaban J connectivity index is 2.19. The Morgan fingerprint density at radius 3 is 2.46 bits per heavy atom. The Morgan fingerprint density at radius 1 is 1.15 bits per heavy atom. The lowest BCUT2D eigenvalue weighted by Gasteiger charge is -2.27. The monoisotopic (exact) mass is 352 g/mol. The highest BCUT2D eigenvalue weighted by Gasteiger charge is 2.45. The summed E-state index contributed by atoms with van der Waals surface area (Å²) < 4.78 is 12.3. The lowest BCUT2D eigenvalue weighted by atomic mass is 9.82. The molecule has 0 aliphatic carbocycles. The van der Waals surface area contributed by atoms with Crippen molar-refractivity contribution in [2.24, 2.45) is 0 Å². The van der Waals surface area contributed by atoms with Crippen LogP contribution in [-0.4, -0.2) is 25.2 Å². The number of ether oxygens (including phenoxy) is 2. The molecule has 1 aromatic heterocycles. The predicted octanol–water partition coefficient (Wildman–Crippen LogP) is 1.74. The van der Waals surface area contributed by atoms with Gasteiger partial charge in [-0.05, 0) is 17.7 Å². The lowest BCUT2D eigenvalue weighted by molar-refractivity contribution is -0.711. The third-order valence-corrected chi connectivity index (χ3v) is 4.34. The quantitative estimate of drug-likeness (QED) is 0.817. The second kappa shape index (κ2) is 7.15. The van der Waals surface area contributed by atoms with Crippen LogP contribution < -0.4 is 19.4 Å². The summed E-state index contributed by atoms with van der Waals surface area (Å²) in [6, 6.07) is 11.9. The molecule has 2 heterocycles. The van der Waals surface area contributed by atoms with Gasteiger partial charge in [0, 0.05) is 12.1 Å². The van der Waals surface area contributed by atoms with Gasteiger partial charge in [-0.1, -0.05) is 12.1 Å². The Labute approximate surface area is 150 Å². The highest BCUT2D eigenvalue weighted by atomic mass is 16.5. The van der Waals surface area contributed by atoms with Gasteiger partial charge < -0.3 is 14.6 Å². The van der Waals surface area contributed by atoms with Crippen molar-refractivity contribution in [3.05, 3.63) is 65.8 Å². The minimum atomic E-state index is -0.736. The molecule has 0 bridgehead atoms. The first kappa shape index (κ1) is 17.3. The van der Waals surface area contributed by atoms with E-state index in [-0.39, 0.29) is 5.57 Å². The van der Waals surface area contributed by atoms with E-state index in [1.807, 2.05) is 12.1 Å². The van der Waals surface area contributed by atoms with Crippen LogP contribution in [0.25, 0.3) is 0 Å². The van der Waals surface area contributed by atoms with E-state index in [2.05, 4.69) is 5.32 Å². The van der Waals surface area contributed by atoms with Crippen LogP contribution in [0.2, 0.25) is 0 Å². The van der Waals surface area contributed by atoms with E-state index in [0.29, 0.717) is 17.1 Å². The summed E-state index contributed by atoms with van der Waals surface area (Å²) in [5, 5.41) is 22.1. The van der Waals surface area contributed by atoms with Gasteiger partial charge in [-0.3, -0.25) is 10.1 Å². The van der Waals surface area contributed by atoms with Crippen LogP contribution in [0.5, 0.6) is 11.5 Å². The highest BCUT2D eigenvalue weighted by molar-refractivity contribution is 5.84. The SMILES string of the molecule is COc1ccc([C@@H]2C(C#N)=C(O)NC(=O)[C@H]2[n+]2ccccc2)cc1OC. The van der Waals surface area contributed by atoms with Crippen molar-refractivity contribution in [3.63, 3.8) is 0 Å². The number of nitriles is 1. The number of allylic oxidation sites excluding steroid dienone is 1. The van der Waals surface area contributed by atoms with Crippen molar-refractivity contribution in [3.8, 4) is 17.6 Å². The fourth-order valence-electron chi connectivity index (χ4n) is 3.14. The first-order chi connectivity index (χ1) is 12.6. The van der Waals surface area contributed by atoms with Gasteiger partial charge in [-0.15, -0.1) is 0 Å². The second-order valence-corrected chi connectivity index (χ2v) is 5.72. The average molecular weight is 352 g/mol. The zero-order chi connectivity index (χ0) is 18.7. The normalized spacial score (nSPS) is 19.5. The predicted molar refractivity (Wildman–Crippen MR) is 91.4 cm³/mol. The van der Waals surface area contributed by atoms with Crippen molar-refractivity contribution in [2.75, 3.05) is 14.2 Å². The van der Waals surface area contributed by atoms with Gasteiger partial charge in [0.15, 0.2) is 23.9 Å². The van der Waals surface area contributed by atoms with Gasteiger partial charge in [0.25, 0.3) is 5.91 Å². The number of aromatic nitrogens is 1. The van der Waals surface area contributed by atoms with Crippen LogP contribution >= 0.6 is 0 Å². The molecule has 7 heteroatoms. The Morgan fingerprint density at radius 2 is 1.85 bits per heavy atom. The Kier molecular flexibility index (Phi) is 4.76. The molecule has 0 radical (unpaired) electrons. The van der Waals surface area contributed by atoms with Gasteiger partial charge in [-0.25, -0.2) is 0 Å². The number of hydrogen-bond acceptors (Lipinski definition) is 5. The molecule has 0 saturated carbocycles. The van der Waals surface area contributed by atoms with Crippen LogP contribution in [0.4, 0.5) is 0 Å². The zero-order valence-corrected chi connectivity index (χ0v) is 14.3. The van der Waals surface area contributed by atoms with E-state index in [1.165, 1.54) is 14.2 Å². The van der Waals surface area contributed by atoms with Crippen molar-refractivity contribution >= 4 is 5.91 Å². The molecular formula is C19H18N3O4+. The van der Waals surface area contributed by atoms with Gasteiger partial charge >= 0.3 is 0 Å². The number of methoxy groups -OCH3 is 2. The van der Waals surface area contributed by atoms with E-state index in [4.69, 9.17) is 9.47 Å². The molecule has 0 fully saturated rings. The van der Waals surface area contributed by atoms with Crippen molar-refractivity contribution in [1.82, 2.24) is 5.32 Å². The summed E-state index contributed by atoms with van der Waals surface area (Å²) in [5.41, 5.74) is 0.736. The number of nitrogens with zero attached hydrogens (tertiary/aromatic N) is 2. The molecule has 26 heavy (non-hydrogen) atoms. The summed E-state index contributed by atoms with van der Waals surface area (Å²) in [7, 11) is 3.04. The van der Waals surface area contributed by atoms with Crippen LogP contribution in [0.1, 0.15) is 17.5 Å². The number of benzene rings is 1. The molecule has 7 nitrogen and oxygen atoms in total. The largest absolute Gasteiger partial charge is 0.494 e. The highest BCUT2D eigenvalue weighted by Crippen LogP contribution is 2.39. The summed E-state index contributed by atoms with van der Waals surface area (Å²) in [5.74, 6) is -0.500. The average Bonchev–Trinajstić information content (AvgIpc) is 2.67. The number of aliphatic hydroxyl groups excluding tert-OH is 1. The van der Waals surface area contributed by atoms with Gasteiger partial charge in [-0.2, -0.15) is 9.83 Å². The van der Waals surface area contributed by atoms with Crippen molar-refractivity contribution < 1.29 is 23.9 Å². The maximum atomic E-state index is 12.6.